The van der Waals surface area contributed by atoms with Crippen LogP contribution in [0.15, 0.2) is 12.7 Å². The van der Waals surface area contributed by atoms with E-state index in [1.165, 1.54) is 44.9 Å². The molecule has 1 aliphatic carbocycles. The van der Waals surface area contributed by atoms with Crippen LogP contribution in [0.5, 0.6) is 0 Å². The van der Waals surface area contributed by atoms with Crippen LogP contribution in [0.1, 0.15) is 58.3 Å². The minimum Gasteiger partial charge on any atom is -0.314 e. The number of nitrogens with one attached hydrogen (secondary N) is 1. The molecule has 88 valence electrons. The molecule has 1 aliphatic rings. The molecule has 1 fully saturated rings. The highest BCUT2D eigenvalue weighted by atomic mass is 14.9. The fourth-order valence-electron chi connectivity index (χ4n) is 2.77. The predicted molar refractivity (Wildman–Crippen MR) is 68.1 cm³/mol. The lowest BCUT2D eigenvalue weighted by molar-refractivity contribution is 0.288. The van der Waals surface area contributed by atoms with Crippen LogP contribution in [-0.4, -0.2) is 12.6 Å². The van der Waals surface area contributed by atoms with Crippen molar-refractivity contribution < 1.29 is 0 Å². The third-order valence-corrected chi connectivity index (χ3v) is 3.61. The second kappa shape index (κ2) is 7.92. The standard InChI is InChI=1S/C14H27N/c1-3-10-14(15-4-2)13-11-8-6-5-7-9-12-13/h3,13-15H,1,4-12H2,2H3. The van der Waals surface area contributed by atoms with Crippen molar-refractivity contribution in [2.45, 2.75) is 64.3 Å². The summed E-state index contributed by atoms with van der Waals surface area (Å²) in [4.78, 5) is 0. The van der Waals surface area contributed by atoms with Crippen LogP contribution in [-0.2, 0) is 0 Å². The molecule has 1 heteroatoms. The maximum atomic E-state index is 3.88. The van der Waals surface area contributed by atoms with Crippen molar-refractivity contribution in [2.24, 2.45) is 5.92 Å². The Balaban J connectivity index is 2.42. The molecule has 1 atom stereocenters. The van der Waals surface area contributed by atoms with E-state index in [0.29, 0.717) is 6.04 Å². The lowest BCUT2D eigenvalue weighted by Gasteiger charge is -2.28. The molecule has 1 saturated carbocycles. The molecule has 15 heavy (non-hydrogen) atoms. The summed E-state index contributed by atoms with van der Waals surface area (Å²) < 4.78 is 0. The maximum Gasteiger partial charge on any atom is 0.0130 e. The van der Waals surface area contributed by atoms with Gasteiger partial charge in [-0.3, -0.25) is 0 Å². The second-order valence-electron chi connectivity index (χ2n) is 4.79. The lowest BCUT2D eigenvalue weighted by atomic mass is 9.84. The minimum atomic E-state index is 0.686. The zero-order valence-electron chi connectivity index (χ0n) is 10.3. The summed E-state index contributed by atoms with van der Waals surface area (Å²) >= 11 is 0. The van der Waals surface area contributed by atoms with Crippen LogP contribution in [0.2, 0.25) is 0 Å². The van der Waals surface area contributed by atoms with Crippen LogP contribution in [0, 0.1) is 5.92 Å². The van der Waals surface area contributed by atoms with E-state index in [1.807, 2.05) is 0 Å². The zero-order valence-corrected chi connectivity index (χ0v) is 10.3. The first-order chi connectivity index (χ1) is 7.38. The number of hydrogen-bond acceptors (Lipinski definition) is 1. The van der Waals surface area contributed by atoms with Crippen molar-refractivity contribution in [1.29, 1.82) is 0 Å². The Hall–Kier alpha value is -0.300. The molecule has 0 bridgehead atoms. The van der Waals surface area contributed by atoms with E-state index in [4.69, 9.17) is 0 Å². The highest BCUT2D eigenvalue weighted by Crippen LogP contribution is 2.26. The molecule has 0 spiro atoms. The Bertz CT molecular complexity index is 157. The Morgan fingerprint density at radius 2 is 1.80 bits per heavy atom. The molecular formula is C14H27N. The fraction of sp³-hybridized carbons (Fsp3) is 0.857. The normalized spacial score (nSPS) is 21.7. The SMILES string of the molecule is C=CCC(NCC)C1CCCCCCC1. The summed E-state index contributed by atoms with van der Waals surface area (Å²) in [7, 11) is 0. The van der Waals surface area contributed by atoms with E-state index in [9.17, 15) is 0 Å². The van der Waals surface area contributed by atoms with Gasteiger partial charge in [0.15, 0.2) is 0 Å². The molecule has 1 N–H and O–H groups in total. The molecule has 0 aromatic rings. The van der Waals surface area contributed by atoms with E-state index in [1.54, 1.807) is 0 Å². The van der Waals surface area contributed by atoms with Gasteiger partial charge >= 0.3 is 0 Å². The highest BCUT2D eigenvalue weighted by molar-refractivity contribution is 4.84. The van der Waals surface area contributed by atoms with E-state index in [2.05, 4.69) is 24.9 Å². The Labute approximate surface area is 95.3 Å². The Morgan fingerprint density at radius 1 is 1.20 bits per heavy atom. The van der Waals surface area contributed by atoms with E-state index in [0.717, 1.165) is 18.9 Å². The van der Waals surface area contributed by atoms with Crippen LogP contribution in [0.25, 0.3) is 0 Å². The molecule has 0 heterocycles. The first-order valence-corrected chi connectivity index (χ1v) is 6.72. The molecule has 1 rings (SSSR count). The molecule has 0 aromatic heterocycles. The van der Waals surface area contributed by atoms with E-state index < -0.39 is 0 Å². The summed E-state index contributed by atoms with van der Waals surface area (Å²) in [5.41, 5.74) is 0. The smallest absolute Gasteiger partial charge is 0.0130 e. The number of rotatable bonds is 5. The van der Waals surface area contributed by atoms with Gasteiger partial charge in [0.1, 0.15) is 0 Å². The van der Waals surface area contributed by atoms with Crippen LogP contribution in [0.3, 0.4) is 0 Å². The summed E-state index contributed by atoms with van der Waals surface area (Å²) in [5.74, 6) is 0.892. The van der Waals surface area contributed by atoms with Crippen molar-refractivity contribution in [3.05, 3.63) is 12.7 Å². The van der Waals surface area contributed by atoms with Crippen LogP contribution >= 0.6 is 0 Å². The number of hydrogen-bond donors (Lipinski definition) is 1. The third kappa shape index (κ3) is 4.83. The molecule has 0 radical (unpaired) electrons. The summed E-state index contributed by atoms with van der Waals surface area (Å²) in [5, 5.41) is 3.63. The van der Waals surface area contributed by atoms with Gasteiger partial charge in [-0.25, -0.2) is 0 Å². The summed E-state index contributed by atoms with van der Waals surface area (Å²) in [6.07, 6.45) is 13.3. The molecule has 0 saturated heterocycles. The van der Waals surface area contributed by atoms with Crippen molar-refractivity contribution in [3.63, 3.8) is 0 Å². The van der Waals surface area contributed by atoms with Gasteiger partial charge < -0.3 is 5.32 Å². The summed E-state index contributed by atoms with van der Waals surface area (Å²) in [6, 6.07) is 0.686. The first-order valence-electron chi connectivity index (χ1n) is 6.72. The van der Waals surface area contributed by atoms with Gasteiger partial charge in [-0.1, -0.05) is 45.1 Å². The molecular weight excluding hydrogens is 182 g/mol. The largest absolute Gasteiger partial charge is 0.314 e. The van der Waals surface area contributed by atoms with Gasteiger partial charge in [-0.15, -0.1) is 6.58 Å². The lowest BCUT2D eigenvalue weighted by Crippen LogP contribution is -2.36. The quantitative estimate of drug-likeness (QED) is 0.677. The van der Waals surface area contributed by atoms with Gasteiger partial charge in [0.25, 0.3) is 0 Å². The van der Waals surface area contributed by atoms with Gasteiger partial charge in [-0.05, 0) is 31.7 Å². The van der Waals surface area contributed by atoms with Gasteiger partial charge in [-0.2, -0.15) is 0 Å². The Morgan fingerprint density at radius 3 is 2.33 bits per heavy atom. The van der Waals surface area contributed by atoms with Gasteiger partial charge in [0.2, 0.25) is 0 Å². The average Bonchev–Trinajstić information content (AvgIpc) is 2.17. The van der Waals surface area contributed by atoms with Gasteiger partial charge in [0.05, 0.1) is 0 Å². The molecule has 1 unspecified atom stereocenters. The van der Waals surface area contributed by atoms with Crippen LogP contribution < -0.4 is 5.32 Å². The van der Waals surface area contributed by atoms with E-state index in [-0.39, 0.29) is 0 Å². The third-order valence-electron chi connectivity index (χ3n) is 3.61. The van der Waals surface area contributed by atoms with Crippen LogP contribution in [0.4, 0.5) is 0 Å². The molecule has 0 aliphatic heterocycles. The van der Waals surface area contributed by atoms with Gasteiger partial charge in [0, 0.05) is 6.04 Å². The minimum absolute atomic E-state index is 0.686. The van der Waals surface area contributed by atoms with Crippen molar-refractivity contribution >= 4 is 0 Å². The molecule has 0 aromatic carbocycles. The predicted octanol–water partition coefficient (Wildman–Crippen LogP) is 3.90. The van der Waals surface area contributed by atoms with Crippen molar-refractivity contribution in [3.8, 4) is 0 Å². The highest BCUT2D eigenvalue weighted by Gasteiger charge is 2.19. The fourth-order valence-corrected chi connectivity index (χ4v) is 2.77. The molecule has 1 nitrogen and oxygen atoms in total. The Kier molecular flexibility index (Phi) is 6.74. The van der Waals surface area contributed by atoms with Crippen molar-refractivity contribution in [2.75, 3.05) is 6.54 Å². The van der Waals surface area contributed by atoms with Crippen molar-refractivity contribution in [1.82, 2.24) is 5.32 Å². The topological polar surface area (TPSA) is 12.0 Å². The monoisotopic (exact) mass is 209 g/mol. The summed E-state index contributed by atoms with van der Waals surface area (Å²) in [6.45, 7) is 7.18. The zero-order chi connectivity index (χ0) is 10.9. The maximum absolute atomic E-state index is 3.88. The first kappa shape index (κ1) is 12.8. The second-order valence-corrected chi connectivity index (χ2v) is 4.79. The average molecular weight is 209 g/mol. The molecule has 0 amide bonds. The van der Waals surface area contributed by atoms with E-state index >= 15 is 0 Å².